The fourth-order valence-corrected chi connectivity index (χ4v) is 3.31. The zero-order chi connectivity index (χ0) is 18.2. The summed E-state index contributed by atoms with van der Waals surface area (Å²) in [5.41, 5.74) is 2.34. The van der Waals surface area contributed by atoms with Gasteiger partial charge in [0.05, 0.1) is 12.8 Å². The van der Waals surface area contributed by atoms with Gasteiger partial charge in [0, 0.05) is 37.3 Å². The second-order valence-corrected chi connectivity index (χ2v) is 7.82. The molecule has 6 nitrogen and oxygen atoms in total. The number of benzene rings is 1. The summed E-state index contributed by atoms with van der Waals surface area (Å²) in [6.45, 7) is 8.08. The van der Waals surface area contributed by atoms with Gasteiger partial charge >= 0.3 is 0 Å². The maximum absolute atomic E-state index is 12.5. The van der Waals surface area contributed by atoms with E-state index in [9.17, 15) is 14.4 Å². The normalized spacial score (nSPS) is 17.3. The van der Waals surface area contributed by atoms with E-state index in [4.69, 9.17) is 0 Å². The van der Waals surface area contributed by atoms with Crippen LogP contribution in [0.1, 0.15) is 31.9 Å². The van der Waals surface area contributed by atoms with E-state index in [0.717, 1.165) is 16.8 Å². The second-order valence-electron chi connectivity index (χ2n) is 7.82. The number of hydrogen-bond acceptors (Lipinski definition) is 3. The van der Waals surface area contributed by atoms with E-state index in [1.165, 1.54) is 0 Å². The smallest absolute Gasteiger partial charge is 0.228 e. The summed E-state index contributed by atoms with van der Waals surface area (Å²) in [4.78, 5) is 39.9. The van der Waals surface area contributed by atoms with Crippen LogP contribution in [0.4, 0.5) is 5.69 Å². The van der Waals surface area contributed by atoms with Crippen LogP contribution < -0.4 is 5.32 Å². The number of piperazine rings is 1. The monoisotopic (exact) mass is 343 g/mol. The number of nitrogens with one attached hydrogen (secondary N) is 1. The molecule has 1 saturated heterocycles. The molecule has 25 heavy (non-hydrogen) atoms. The first-order valence-electron chi connectivity index (χ1n) is 8.73. The van der Waals surface area contributed by atoms with Crippen molar-refractivity contribution in [3.63, 3.8) is 0 Å². The highest BCUT2D eigenvalue weighted by Crippen LogP contribution is 2.24. The molecular weight excluding hydrogens is 318 g/mol. The molecule has 1 aromatic rings. The lowest BCUT2D eigenvalue weighted by Gasteiger charge is -2.37. The van der Waals surface area contributed by atoms with Gasteiger partial charge in [-0.3, -0.25) is 14.4 Å². The molecule has 2 heterocycles. The molecule has 0 radical (unpaired) electrons. The highest BCUT2D eigenvalue weighted by molar-refractivity contribution is 5.99. The fourth-order valence-electron chi connectivity index (χ4n) is 3.31. The molecule has 0 atom stereocenters. The number of hydrogen-bond donors (Lipinski definition) is 1. The van der Waals surface area contributed by atoms with Crippen molar-refractivity contribution in [2.24, 2.45) is 5.41 Å². The van der Waals surface area contributed by atoms with Crippen molar-refractivity contribution < 1.29 is 14.4 Å². The zero-order valence-corrected chi connectivity index (χ0v) is 15.1. The molecule has 0 aliphatic carbocycles. The van der Waals surface area contributed by atoms with Crippen LogP contribution in [0.2, 0.25) is 0 Å². The molecule has 0 unspecified atom stereocenters. The first-order chi connectivity index (χ1) is 11.7. The third-order valence-corrected chi connectivity index (χ3v) is 4.71. The van der Waals surface area contributed by atoms with Crippen molar-refractivity contribution in [2.75, 3.05) is 31.5 Å². The molecule has 134 valence electrons. The van der Waals surface area contributed by atoms with Crippen molar-refractivity contribution in [3.05, 3.63) is 29.3 Å². The number of anilines is 1. The molecule has 2 aliphatic rings. The third-order valence-electron chi connectivity index (χ3n) is 4.71. The summed E-state index contributed by atoms with van der Waals surface area (Å²) < 4.78 is 0. The van der Waals surface area contributed by atoms with Crippen LogP contribution in [-0.2, 0) is 27.2 Å². The maximum Gasteiger partial charge on any atom is 0.228 e. The Balaban J connectivity index is 1.56. The highest BCUT2D eigenvalue weighted by Gasteiger charge is 2.30. The van der Waals surface area contributed by atoms with Gasteiger partial charge in [-0.1, -0.05) is 32.9 Å². The van der Waals surface area contributed by atoms with Crippen LogP contribution in [-0.4, -0.2) is 53.7 Å². The van der Waals surface area contributed by atoms with E-state index in [1.807, 2.05) is 48.8 Å². The van der Waals surface area contributed by atoms with Crippen LogP contribution in [0.3, 0.4) is 0 Å². The maximum atomic E-state index is 12.5. The lowest BCUT2D eigenvalue weighted by atomic mass is 9.94. The molecule has 1 N–H and O–H groups in total. The lowest BCUT2D eigenvalue weighted by Crippen LogP contribution is -2.53. The number of amides is 3. The van der Waals surface area contributed by atoms with Gasteiger partial charge in [0.15, 0.2) is 0 Å². The predicted molar refractivity (Wildman–Crippen MR) is 95.1 cm³/mol. The van der Waals surface area contributed by atoms with E-state index >= 15 is 0 Å². The second kappa shape index (κ2) is 6.50. The Kier molecular flexibility index (Phi) is 4.54. The van der Waals surface area contributed by atoms with Crippen LogP contribution in [0.5, 0.6) is 0 Å². The first-order valence-corrected chi connectivity index (χ1v) is 8.73. The molecule has 3 rings (SSSR count). The number of carbonyl (C=O) groups is 3. The average Bonchev–Trinajstić information content (AvgIpc) is 2.92. The Bertz CT molecular complexity index is 713. The minimum atomic E-state index is -0.387. The van der Waals surface area contributed by atoms with Crippen LogP contribution in [0.15, 0.2) is 18.2 Å². The minimum absolute atomic E-state index is 0.00175. The Morgan fingerprint density at radius 1 is 1.08 bits per heavy atom. The van der Waals surface area contributed by atoms with E-state index in [-0.39, 0.29) is 23.1 Å². The van der Waals surface area contributed by atoms with Crippen molar-refractivity contribution in [1.29, 1.82) is 0 Å². The minimum Gasteiger partial charge on any atom is -0.339 e. The van der Waals surface area contributed by atoms with Gasteiger partial charge in [-0.25, -0.2) is 0 Å². The average molecular weight is 343 g/mol. The van der Waals surface area contributed by atoms with Crippen LogP contribution in [0.25, 0.3) is 0 Å². The molecule has 0 saturated carbocycles. The quantitative estimate of drug-likeness (QED) is 0.883. The van der Waals surface area contributed by atoms with Gasteiger partial charge in [0.2, 0.25) is 17.7 Å². The Morgan fingerprint density at radius 2 is 1.72 bits per heavy atom. The van der Waals surface area contributed by atoms with Gasteiger partial charge in [-0.2, -0.15) is 0 Å². The third kappa shape index (κ3) is 3.83. The zero-order valence-electron chi connectivity index (χ0n) is 15.1. The van der Waals surface area contributed by atoms with Gasteiger partial charge in [-0.15, -0.1) is 0 Å². The standard InChI is InChI=1S/C19H25N3O3/c1-19(2,3)18(25)22-8-6-21(7-9-22)17(24)11-13-4-5-15-14(10-13)12-16(23)20-15/h4-5,10H,6-9,11-12H2,1-3H3,(H,20,23). The van der Waals surface area contributed by atoms with E-state index in [1.54, 1.807) is 0 Å². The highest BCUT2D eigenvalue weighted by atomic mass is 16.2. The summed E-state index contributed by atoms with van der Waals surface area (Å²) in [7, 11) is 0. The Labute approximate surface area is 148 Å². The van der Waals surface area contributed by atoms with E-state index < -0.39 is 0 Å². The number of carbonyl (C=O) groups excluding carboxylic acids is 3. The molecule has 2 aliphatic heterocycles. The van der Waals surface area contributed by atoms with Crippen molar-refractivity contribution in [3.8, 4) is 0 Å². The van der Waals surface area contributed by atoms with Crippen molar-refractivity contribution >= 4 is 23.4 Å². The molecular formula is C19H25N3O3. The van der Waals surface area contributed by atoms with Gasteiger partial charge in [-0.05, 0) is 17.2 Å². The Morgan fingerprint density at radius 3 is 2.36 bits per heavy atom. The van der Waals surface area contributed by atoms with Gasteiger partial charge in [0.25, 0.3) is 0 Å². The number of nitrogens with zero attached hydrogens (tertiary/aromatic N) is 2. The Hall–Kier alpha value is -2.37. The van der Waals surface area contributed by atoms with Gasteiger partial charge < -0.3 is 15.1 Å². The topological polar surface area (TPSA) is 69.7 Å². The molecule has 1 fully saturated rings. The number of rotatable bonds is 2. The number of fused-ring (bicyclic) bond motifs is 1. The summed E-state index contributed by atoms with van der Waals surface area (Å²) in [6.07, 6.45) is 0.708. The molecule has 0 bridgehead atoms. The summed E-state index contributed by atoms with van der Waals surface area (Å²) in [5.74, 6) is 0.202. The summed E-state index contributed by atoms with van der Waals surface area (Å²) in [5, 5.41) is 2.80. The van der Waals surface area contributed by atoms with E-state index in [0.29, 0.717) is 39.0 Å². The van der Waals surface area contributed by atoms with Crippen molar-refractivity contribution in [1.82, 2.24) is 9.80 Å². The summed E-state index contributed by atoms with van der Waals surface area (Å²) >= 11 is 0. The SMILES string of the molecule is CC(C)(C)C(=O)N1CCN(C(=O)Cc2ccc3c(c2)CC(=O)N3)CC1. The first kappa shape index (κ1) is 17.5. The molecule has 0 spiro atoms. The molecule has 0 aromatic heterocycles. The molecule has 1 aromatic carbocycles. The predicted octanol–water partition coefficient (Wildman–Crippen LogP) is 1.44. The molecule has 3 amide bonds. The van der Waals surface area contributed by atoms with Gasteiger partial charge in [0.1, 0.15) is 0 Å². The van der Waals surface area contributed by atoms with Crippen LogP contribution >= 0.6 is 0 Å². The van der Waals surface area contributed by atoms with E-state index in [2.05, 4.69) is 5.32 Å². The van der Waals surface area contributed by atoms with Crippen molar-refractivity contribution in [2.45, 2.75) is 33.6 Å². The largest absolute Gasteiger partial charge is 0.339 e. The van der Waals surface area contributed by atoms with Crippen LogP contribution in [0, 0.1) is 5.41 Å². The fraction of sp³-hybridized carbons (Fsp3) is 0.526. The summed E-state index contributed by atoms with van der Waals surface area (Å²) in [6, 6.07) is 5.69. The lowest BCUT2D eigenvalue weighted by molar-refractivity contribution is -0.144. The molecule has 6 heteroatoms.